The normalized spacial score (nSPS) is 18.1. The van der Waals surface area contributed by atoms with Crippen molar-refractivity contribution in [1.29, 1.82) is 0 Å². The van der Waals surface area contributed by atoms with Crippen molar-refractivity contribution >= 4 is 17.2 Å². The topological polar surface area (TPSA) is 10.4 Å². The zero-order valence-electron chi connectivity index (χ0n) is 11.0. The third kappa shape index (κ3) is 1.47. The molecule has 0 N–H and O–H groups in total. The van der Waals surface area contributed by atoms with Crippen molar-refractivity contribution in [3.63, 3.8) is 0 Å². The van der Waals surface area contributed by atoms with Gasteiger partial charge in [0.25, 0.3) is 5.82 Å². The Morgan fingerprint density at radius 1 is 1.00 bits per heavy atom. The van der Waals surface area contributed by atoms with E-state index in [4.69, 9.17) is 0 Å². The van der Waals surface area contributed by atoms with Crippen molar-refractivity contribution < 1.29 is 4.57 Å². The number of fused-ring (bicyclic) bond motifs is 1. The molecule has 2 heterocycles. The molecule has 0 bridgehead atoms. The van der Waals surface area contributed by atoms with Crippen molar-refractivity contribution in [2.45, 2.75) is 13.1 Å². The van der Waals surface area contributed by atoms with Crippen molar-refractivity contribution in [2.24, 2.45) is 7.05 Å². The van der Waals surface area contributed by atoms with Gasteiger partial charge in [-0.3, -0.25) is 0 Å². The smallest absolute Gasteiger partial charge is 0.283 e. The second-order valence-electron chi connectivity index (χ2n) is 4.77. The van der Waals surface area contributed by atoms with E-state index in [1.165, 1.54) is 17.2 Å². The summed E-state index contributed by atoms with van der Waals surface area (Å²) in [6.45, 7) is 2.23. The molecule has 1 atom stereocenters. The first-order valence-corrected chi connectivity index (χ1v) is 6.26. The van der Waals surface area contributed by atoms with Gasteiger partial charge in [-0.25, -0.2) is 9.47 Å². The molecule has 0 spiro atoms. The SMILES string of the molecule is C[C@H]1N(C)c2ccccc2N1c1cccc[n+]1C. The number of aromatic nitrogens is 1. The van der Waals surface area contributed by atoms with Crippen LogP contribution in [0.15, 0.2) is 48.7 Å². The molecule has 0 unspecified atom stereocenters. The zero-order valence-corrected chi connectivity index (χ0v) is 11.0. The fraction of sp³-hybridized carbons (Fsp3) is 0.267. The number of hydrogen-bond donors (Lipinski definition) is 0. The lowest BCUT2D eigenvalue weighted by Crippen LogP contribution is -2.43. The van der Waals surface area contributed by atoms with Gasteiger partial charge in [0, 0.05) is 13.1 Å². The molecule has 0 saturated heterocycles. The van der Waals surface area contributed by atoms with Crippen LogP contribution in [0.3, 0.4) is 0 Å². The molecule has 0 radical (unpaired) electrons. The predicted molar refractivity (Wildman–Crippen MR) is 74.1 cm³/mol. The molecule has 0 amide bonds. The summed E-state index contributed by atoms with van der Waals surface area (Å²) >= 11 is 0. The highest BCUT2D eigenvalue weighted by atomic mass is 15.4. The largest absolute Gasteiger partial charge is 0.333 e. The van der Waals surface area contributed by atoms with Gasteiger partial charge in [-0.2, -0.15) is 0 Å². The van der Waals surface area contributed by atoms with E-state index in [1.807, 2.05) is 0 Å². The number of hydrogen-bond acceptors (Lipinski definition) is 2. The molecule has 3 heteroatoms. The summed E-state index contributed by atoms with van der Waals surface area (Å²) in [5.41, 5.74) is 2.56. The molecule has 3 rings (SSSR count). The Bertz CT molecular complexity index is 579. The molecule has 2 aromatic rings. The number of para-hydroxylation sites is 2. The van der Waals surface area contributed by atoms with Crippen LogP contribution in [-0.2, 0) is 7.05 Å². The van der Waals surface area contributed by atoms with Crippen molar-refractivity contribution in [2.75, 3.05) is 16.8 Å². The van der Waals surface area contributed by atoms with Gasteiger partial charge in [0.15, 0.2) is 11.9 Å². The first-order valence-electron chi connectivity index (χ1n) is 6.26. The minimum Gasteiger partial charge on any atom is -0.333 e. The van der Waals surface area contributed by atoms with Crippen LogP contribution in [-0.4, -0.2) is 13.2 Å². The zero-order chi connectivity index (χ0) is 12.7. The monoisotopic (exact) mass is 240 g/mol. The van der Waals surface area contributed by atoms with Crippen LogP contribution in [0.1, 0.15) is 6.92 Å². The van der Waals surface area contributed by atoms with Crippen molar-refractivity contribution in [3.05, 3.63) is 48.7 Å². The lowest BCUT2D eigenvalue weighted by molar-refractivity contribution is -0.658. The molecule has 3 nitrogen and oxygen atoms in total. The van der Waals surface area contributed by atoms with Gasteiger partial charge in [0.1, 0.15) is 0 Å². The maximum atomic E-state index is 2.37. The summed E-state index contributed by atoms with van der Waals surface area (Å²) in [6.07, 6.45) is 2.42. The van der Waals surface area contributed by atoms with Gasteiger partial charge < -0.3 is 4.90 Å². The van der Waals surface area contributed by atoms with Gasteiger partial charge in [0.2, 0.25) is 0 Å². The Balaban J connectivity index is 2.16. The fourth-order valence-corrected chi connectivity index (χ4v) is 2.62. The van der Waals surface area contributed by atoms with Crippen LogP contribution in [0.25, 0.3) is 0 Å². The lowest BCUT2D eigenvalue weighted by atomic mass is 10.2. The van der Waals surface area contributed by atoms with Crippen LogP contribution >= 0.6 is 0 Å². The lowest BCUT2D eigenvalue weighted by Gasteiger charge is -2.21. The van der Waals surface area contributed by atoms with E-state index in [0.717, 1.165) is 0 Å². The van der Waals surface area contributed by atoms with Gasteiger partial charge in [-0.15, -0.1) is 0 Å². The third-order valence-corrected chi connectivity index (χ3v) is 3.73. The van der Waals surface area contributed by atoms with E-state index in [2.05, 4.69) is 84.0 Å². The number of nitrogens with zero attached hydrogens (tertiary/aromatic N) is 3. The molecule has 92 valence electrons. The highest BCUT2D eigenvalue weighted by Gasteiger charge is 2.38. The molecule has 0 saturated carbocycles. The Labute approximate surface area is 108 Å². The summed E-state index contributed by atoms with van der Waals surface area (Å²) in [5, 5.41) is 0. The first-order chi connectivity index (χ1) is 8.70. The Hall–Kier alpha value is -2.03. The standard InChI is InChI=1S/C15H18N3/c1-12-17(3)13-8-4-5-9-14(13)18(12)15-10-6-7-11-16(15)2/h4-12H,1-3H3/q+1/t12-/m0/s1. The minimum atomic E-state index is 0.330. The number of rotatable bonds is 1. The van der Waals surface area contributed by atoms with E-state index in [-0.39, 0.29) is 0 Å². The molecule has 0 aliphatic carbocycles. The maximum Gasteiger partial charge on any atom is 0.283 e. The number of benzene rings is 1. The summed E-state index contributed by atoms with van der Waals surface area (Å²) in [6, 6.07) is 14.9. The third-order valence-electron chi connectivity index (χ3n) is 3.73. The Morgan fingerprint density at radius 2 is 1.67 bits per heavy atom. The predicted octanol–water partition coefficient (Wildman–Crippen LogP) is 2.45. The highest BCUT2D eigenvalue weighted by Crippen LogP contribution is 2.41. The highest BCUT2D eigenvalue weighted by molar-refractivity contribution is 5.81. The molecule has 18 heavy (non-hydrogen) atoms. The average Bonchev–Trinajstić information content (AvgIpc) is 2.64. The Morgan fingerprint density at radius 3 is 2.39 bits per heavy atom. The fourth-order valence-electron chi connectivity index (χ4n) is 2.62. The second kappa shape index (κ2) is 4.02. The van der Waals surface area contributed by atoms with Crippen LogP contribution in [0.4, 0.5) is 17.2 Å². The summed E-state index contributed by atoms with van der Waals surface area (Å²) in [5.74, 6) is 1.21. The number of anilines is 3. The van der Waals surface area contributed by atoms with E-state index in [1.54, 1.807) is 0 Å². The molecule has 1 aromatic heterocycles. The van der Waals surface area contributed by atoms with Gasteiger partial charge in [0.05, 0.1) is 18.9 Å². The molecule has 1 aliphatic heterocycles. The van der Waals surface area contributed by atoms with Crippen LogP contribution in [0.2, 0.25) is 0 Å². The quantitative estimate of drug-likeness (QED) is 0.709. The van der Waals surface area contributed by atoms with E-state index in [0.29, 0.717) is 6.17 Å². The second-order valence-corrected chi connectivity index (χ2v) is 4.77. The van der Waals surface area contributed by atoms with Gasteiger partial charge in [-0.1, -0.05) is 18.2 Å². The van der Waals surface area contributed by atoms with E-state index in [9.17, 15) is 0 Å². The summed E-state index contributed by atoms with van der Waals surface area (Å²) in [7, 11) is 4.23. The molecule has 1 aromatic carbocycles. The summed E-state index contributed by atoms with van der Waals surface area (Å²) < 4.78 is 2.16. The number of pyridine rings is 1. The van der Waals surface area contributed by atoms with Gasteiger partial charge >= 0.3 is 0 Å². The Kier molecular flexibility index (Phi) is 2.47. The minimum absolute atomic E-state index is 0.330. The van der Waals surface area contributed by atoms with Crippen molar-refractivity contribution in [3.8, 4) is 0 Å². The maximum absolute atomic E-state index is 2.37. The first kappa shape index (κ1) is 11.1. The number of aryl methyl sites for hydroxylation is 1. The molecule has 1 aliphatic rings. The van der Waals surface area contributed by atoms with Crippen LogP contribution < -0.4 is 14.4 Å². The molecular weight excluding hydrogens is 222 g/mol. The summed E-state index contributed by atoms with van der Waals surface area (Å²) in [4.78, 5) is 4.68. The van der Waals surface area contributed by atoms with Crippen LogP contribution in [0, 0.1) is 0 Å². The van der Waals surface area contributed by atoms with Gasteiger partial charge in [-0.05, 0) is 25.1 Å². The van der Waals surface area contributed by atoms with E-state index >= 15 is 0 Å². The van der Waals surface area contributed by atoms with Crippen LogP contribution in [0.5, 0.6) is 0 Å². The molecule has 0 fully saturated rings. The molecular formula is C15H18N3+. The van der Waals surface area contributed by atoms with E-state index < -0.39 is 0 Å². The van der Waals surface area contributed by atoms with Crippen molar-refractivity contribution in [1.82, 2.24) is 0 Å². The average molecular weight is 240 g/mol.